The number of hydrogen-bond acceptors (Lipinski definition) is 3. The largest absolute Gasteiger partial charge is 0.454 e. The van der Waals surface area contributed by atoms with Gasteiger partial charge in [0.1, 0.15) is 5.75 Å². The minimum atomic E-state index is -0.199. The van der Waals surface area contributed by atoms with Crippen molar-refractivity contribution in [1.29, 1.82) is 0 Å². The molecule has 1 heterocycles. The van der Waals surface area contributed by atoms with Crippen LogP contribution in [0.15, 0.2) is 66.7 Å². The summed E-state index contributed by atoms with van der Waals surface area (Å²) in [4.78, 5) is 12.7. The molecule has 0 bridgehead atoms. The predicted octanol–water partition coefficient (Wildman–Crippen LogP) is 5.41. The third-order valence-corrected chi connectivity index (χ3v) is 4.49. The van der Waals surface area contributed by atoms with Crippen LogP contribution in [0.25, 0.3) is 0 Å². The van der Waals surface area contributed by atoms with Gasteiger partial charge in [0, 0.05) is 5.56 Å². The molecule has 3 aromatic rings. The van der Waals surface area contributed by atoms with Crippen LogP contribution in [-0.2, 0) is 18.0 Å². The predicted molar refractivity (Wildman–Crippen MR) is 101 cm³/mol. The highest BCUT2D eigenvalue weighted by molar-refractivity contribution is 6.32. The molecule has 1 aliphatic heterocycles. The lowest BCUT2D eigenvalue weighted by atomic mass is 10.1. The highest BCUT2D eigenvalue weighted by Gasteiger charge is 2.16. The molecule has 0 spiro atoms. The van der Waals surface area contributed by atoms with Gasteiger partial charge in [-0.15, -0.1) is 0 Å². The average Bonchev–Trinajstić information content (AvgIpc) is 3.13. The van der Waals surface area contributed by atoms with Crippen molar-refractivity contribution in [3.8, 4) is 11.5 Å². The minimum absolute atomic E-state index is 0.199. The molecule has 0 aliphatic carbocycles. The Kier molecular flexibility index (Phi) is 4.61. The number of benzene rings is 3. The topological polar surface area (TPSA) is 47.6 Å². The number of hydrogen-bond donors (Lipinski definition) is 1. The zero-order valence-electron chi connectivity index (χ0n) is 13.9. The molecule has 0 radical (unpaired) electrons. The normalized spacial score (nSPS) is 12.5. The maximum atomic E-state index is 12.7. The molecular weight excluding hydrogens is 350 g/mol. The van der Waals surface area contributed by atoms with Crippen LogP contribution in [0.2, 0.25) is 5.02 Å². The van der Waals surface area contributed by atoms with Crippen molar-refractivity contribution in [2.75, 3.05) is 5.32 Å². The Morgan fingerprint density at radius 3 is 2.50 bits per heavy atom. The van der Waals surface area contributed by atoms with Gasteiger partial charge in [-0.1, -0.05) is 41.9 Å². The summed E-state index contributed by atoms with van der Waals surface area (Å²) in [5.41, 5.74) is 3.35. The number of amides is 1. The number of rotatable bonds is 4. The first kappa shape index (κ1) is 16.6. The summed E-state index contributed by atoms with van der Waals surface area (Å²) in [6.45, 7) is 1.15. The molecule has 0 atom stereocenters. The first-order valence-electron chi connectivity index (χ1n) is 8.23. The summed E-state index contributed by atoms with van der Waals surface area (Å²) < 4.78 is 11.3. The molecule has 0 saturated heterocycles. The summed E-state index contributed by atoms with van der Waals surface area (Å²) >= 11 is 6.16. The van der Waals surface area contributed by atoms with Gasteiger partial charge >= 0.3 is 0 Å². The highest BCUT2D eigenvalue weighted by atomic mass is 35.5. The Morgan fingerprint density at radius 2 is 1.65 bits per heavy atom. The first-order valence-corrected chi connectivity index (χ1v) is 8.61. The Hall–Kier alpha value is -2.82. The van der Waals surface area contributed by atoms with Crippen LogP contribution in [0.4, 0.5) is 5.69 Å². The minimum Gasteiger partial charge on any atom is -0.454 e. The molecule has 5 heteroatoms. The number of fused-ring (bicyclic) bond motifs is 1. The summed E-state index contributed by atoms with van der Waals surface area (Å²) in [5, 5.41) is 3.42. The van der Waals surface area contributed by atoms with Crippen LogP contribution in [-0.4, -0.2) is 5.91 Å². The monoisotopic (exact) mass is 365 g/mol. The zero-order valence-corrected chi connectivity index (χ0v) is 14.6. The Bertz CT molecular complexity index is 971. The number of nitrogens with one attached hydrogen (secondary N) is 1. The van der Waals surface area contributed by atoms with Crippen molar-refractivity contribution in [3.05, 3.63) is 88.4 Å². The number of para-hydroxylation sites is 3. The first-order chi connectivity index (χ1) is 12.7. The van der Waals surface area contributed by atoms with E-state index in [4.69, 9.17) is 21.1 Å². The molecule has 1 aliphatic rings. The second-order valence-electron chi connectivity index (χ2n) is 5.96. The van der Waals surface area contributed by atoms with Crippen LogP contribution in [0, 0.1) is 0 Å². The van der Waals surface area contributed by atoms with E-state index in [1.807, 2.05) is 36.4 Å². The number of anilines is 1. The van der Waals surface area contributed by atoms with E-state index in [1.54, 1.807) is 30.3 Å². The average molecular weight is 366 g/mol. The zero-order chi connectivity index (χ0) is 17.9. The molecule has 0 fully saturated rings. The fraction of sp³-hybridized carbons (Fsp3) is 0.0952. The molecule has 0 unspecified atom stereocenters. The van der Waals surface area contributed by atoms with E-state index in [0.29, 0.717) is 41.0 Å². The van der Waals surface area contributed by atoms with Crippen molar-refractivity contribution in [3.63, 3.8) is 0 Å². The molecule has 4 rings (SSSR count). The second-order valence-corrected chi connectivity index (χ2v) is 6.37. The van der Waals surface area contributed by atoms with Crippen molar-refractivity contribution < 1.29 is 14.3 Å². The maximum absolute atomic E-state index is 12.7. The maximum Gasteiger partial charge on any atom is 0.255 e. The Balaban J connectivity index is 1.57. The molecule has 0 aromatic heterocycles. The van der Waals surface area contributed by atoms with Crippen molar-refractivity contribution in [1.82, 2.24) is 0 Å². The molecular formula is C21H16ClNO3. The summed E-state index contributed by atoms with van der Waals surface area (Å²) in [5.74, 6) is 0.860. The molecule has 1 N–H and O–H groups in total. The van der Waals surface area contributed by atoms with Gasteiger partial charge in [-0.3, -0.25) is 4.79 Å². The smallest absolute Gasteiger partial charge is 0.255 e. The standard InChI is InChI=1S/C21H16ClNO3/c22-17-5-1-3-7-19(17)26-20-8-4-2-6-18(20)23-21(24)14-9-10-15-12-25-13-16(15)11-14/h1-11H,12-13H2,(H,23,24). The molecule has 26 heavy (non-hydrogen) atoms. The van der Waals surface area contributed by atoms with Crippen LogP contribution in [0.1, 0.15) is 21.5 Å². The van der Waals surface area contributed by atoms with Crippen LogP contribution >= 0.6 is 11.6 Å². The third-order valence-electron chi connectivity index (χ3n) is 4.18. The molecule has 1 amide bonds. The van der Waals surface area contributed by atoms with Gasteiger partial charge in [-0.05, 0) is 47.5 Å². The van der Waals surface area contributed by atoms with Crippen molar-refractivity contribution in [2.24, 2.45) is 0 Å². The van der Waals surface area contributed by atoms with Gasteiger partial charge in [-0.2, -0.15) is 0 Å². The van der Waals surface area contributed by atoms with Crippen LogP contribution in [0.5, 0.6) is 11.5 Å². The lowest BCUT2D eigenvalue weighted by molar-refractivity contribution is 0.102. The van der Waals surface area contributed by atoms with E-state index >= 15 is 0 Å². The fourth-order valence-electron chi connectivity index (χ4n) is 2.81. The van der Waals surface area contributed by atoms with Crippen molar-refractivity contribution in [2.45, 2.75) is 13.2 Å². The van der Waals surface area contributed by atoms with E-state index < -0.39 is 0 Å². The van der Waals surface area contributed by atoms with E-state index in [-0.39, 0.29) is 5.91 Å². The number of carbonyl (C=O) groups is 1. The highest BCUT2D eigenvalue weighted by Crippen LogP contribution is 2.33. The summed E-state index contributed by atoms with van der Waals surface area (Å²) in [6.07, 6.45) is 0. The lowest BCUT2D eigenvalue weighted by Gasteiger charge is -2.13. The van der Waals surface area contributed by atoms with Crippen molar-refractivity contribution >= 4 is 23.2 Å². The fourth-order valence-corrected chi connectivity index (χ4v) is 2.99. The van der Waals surface area contributed by atoms with Gasteiger partial charge in [0.2, 0.25) is 0 Å². The lowest BCUT2D eigenvalue weighted by Crippen LogP contribution is -2.13. The van der Waals surface area contributed by atoms with Crippen LogP contribution in [0.3, 0.4) is 0 Å². The number of halogens is 1. The van der Waals surface area contributed by atoms with Gasteiger partial charge in [0.25, 0.3) is 5.91 Å². The molecule has 130 valence electrons. The van der Waals surface area contributed by atoms with Gasteiger partial charge in [0.05, 0.1) is 23.9 Å². The SMILES string of the molecule is O=C(Nc1ccccc1Oc1ccccc1Cl)c1ccc2c(c1)COC2. The van der Waals surface area contributed by atoms with Gasteiger partial charge < -0.3 is 14.8 Å². The Morgan fingerprint density at radius 1 is 0.923 bits per heavy atom. The van der Waals surface area contributed by atoms with Crippen LogP contribution < -0.4 is 10.1 Å². The van der Waals surface area contributed by atoms with E-state index in [9.17, 15) is 4.79 Å². The van der Waals surface area contributed by atoms with Gasteiger partial charge in [-0.25, -0.2) is 0 Å². The summed E-state index contributed by atoms with van der Waals surface area (Å²) in [6, 6.07) is 20.1. The summed E-state index contributed by atoms with van der Waals surface area (Å²) in [7, 11) is 0. The quantitative estimate of drug-likeness (QED) is 0.672. The Labute approximate surface area is 156 Å². The van der Waals surface area contributed by atoms with Gasteiger partial charge in [0.15, 0.2) is 5.75 Å². The molecule has 4 nitrogen and oxygen atoms in total. The number of carbonyl (C=O) groups excluding carboxylic acids is 1. The number of ether oxygens (including phenoxy) is 2. The van der Waals surface area contributed by atoms with E-state index in [0.717, 1.165) is 11.1 Å². The molecule has 0 saturated carbocycles. The molecule has 3 aromatic carbocycles. The van der Waals surface area contributed by atoms with E-state index in [1.165, 1.54) is 0 Å². The second kappa shape index (κ2) is 7.20. The third kappa shape index (κ3) is 3.43. The van der Waals surface area contributed by atoms with E-state index in [2.05, 4.69) is 5.32 Å².